The van der Waals surface area contributed by atoms with E-state index >= 15 is 8.78 Å². The number of aryl methyl sites for hydroxylation is 1. The fraction of sp³-hybridized carbons (Fsp3) is 0.527. The molecule has 3 aromatic carbocycles. The summed E-state index contributed by atoms with van der Waals surface area (Å²) in [7, 11) is 1.52. The number of piperidine rings is 2. The summed E-state index contributed by atoms with van der Waals surface area (Å²) in [5.41, 5.74) is 2.84. The molecule has 3 amide bonds. The number of ether oxygens (including phenoxy) is 3. The van der Waals surface area contributed by atoms with Crippen LogP contribution in [0.3, 0.4) is 0 Å². The van der Waals surface area contributed by atoms with Gasteiger partial charge in [0.25, 0.3) is 5.91 Å². The van der Waals surface area contributed by atoms with Gasteiger partial charge in [0.1, 0.15) is 34.6 Å². The van der Waals surface area contributed by atoms with E-state index in [0.29, 0.717) is 101 Å². The van der Waals surface area contributed by atoms with Gasteiger partial charge in [-0.1, -0.05) is 13.0 Å². The second-order valence-electron chi connectivity index (χ2n) is 22.3. The number of carbonyl (C=O) groups excluding carboxylic acids is 3. The maximum Gasteiger partial charge on any atom is 0.319 e. The number of β-amino-alcohol motifs (C(OH)–C–C–N with tert-alkyl or cyclic N) is 1. The van der Waals surface area contributed by atoms with Gasteiger partial charge in [0, 0.05) is 119 Å². The third-order valence-corrected chi connectivity index (χ3v) is 16.9. The summed E-state index contributed by atoms with van der Waals surface area (Å²) in [4.78, 5) is 63.0. The predicted octanol–water partition coefficient (Wildman–Crippen LogP) is 6.23. The minimum atomic E-state index is -0.966. The van der Waals surface area contributed by atoms with Crippen LogP contribution in [-0.4, -0.2) is 150 Å². The molecule has 2 atom stereocenters. The van der Waals surface area contributed by atoms with E-state index in [0.717, 1.165) is 76.3 Å². The number of imide groups is 1. The van der Waals surface area contributed by atoms with E-state index in [1.807, 2.05) is 24.0 Å². The lowest BCUT2D eigenvalue weighted by atomic mass is 9.60. The molecule has 5 aliphatic heterocycles. The normalized spacial score (nSPS) is 24.0. The minimum absolute atomic E-state index is 0.00357. The first-order valence-corrected chi connectivity index (χ1v) is 26.0. The zero-order valence-electron chi connectivity index (χ0n) is 41.9. The number of aliphatic hydroxyl groups is 1. The predicted molar refractivity (Wildman–Crippen MR) is 269 cm³/mol. The van der Waals surface area contributed by atoms with E-state index in [4.69, 9.17) is 24.2 Å². The number of rotatable bonds is 14. The number of piperazine rings is 1. The number of amides is 3. The molecule has 4 saturated heterocycles. The molecule has 2 saturated carbocycles. The number of nitrogens with zero attached hydrogens (tertiary/aromatic N) is 8. The summed E-state index contributed by atoms with van der Waals surface area (Å²) < 4.78 is 50.3. The van der Waals surface area contributed by atoms with Crippen molar-refractivity contribution in [3.8, 4) is 23.0 Å². The molecule has 0 bridgehead atoms. The van der Waals surface area contributed by atoms with Crippen molar-refractivity contribution in [2.24, 2.45) is 10.8 Å². The van der Waals surface area contributed by atoms with Gasteiger partial charge in [-0.25, -0.2) is 8.78 Å². The average Bonchev–Trinajstić information content (AvgIpc) is 4.04. The molecule has 5 aromatic rings. The van der Waals surface area contributed by atoms with Crippen LogP contribution in [0.5, 0.6) is 11.8 Å². The molecule has 18 heteroatoms. The molecule has 2 N–H and O–H groups in total. The van der Waals surface area contributed by atoms with E-state index in [1.54, 1.807) is 36.2 Å². The second-order valence-corrected chi connectivity index (χ2v) is 22.3. The lowest BCUT2D eigenvalue weighted by Gasteiger charge is -2.62. The Bertz CT molecular complexity index is 3040. The number of carbonyl (C=O) groups is 3. The maximum atomic E-state index is 17.4. The SMILES string of the molecule is CCc1c(F)ccc2cc(OCOC)cc(-c3ncc4c(N5CCC[C@@](C)(O)C5)nc(OCC5(CN6CCN(C7CC8(C7)CN(c7ccc9c(c7)CN(C7CCC(=O)NC7=O)C9=O)C8)CC6)CC5)nc4c3F)c12. The van der Waals surface area contributed by atoms with Crippen LogP contribution in [0.1, 0.15) is 86.7 Å². The number of anilines is 2. The molecule has 73 heavy (non-hydrogen) atoms. The molecule has 2 aliphatic carbocycles. The number of methoxy groups -OCH3 is 1. The standard InChI is InChI=1S/C55H63F2N9O7/c1-4-38-42(56)9-6-33-21-37(73-32-71-3)22-40(45(33)38)47-46(57)48-41(25-58-47)49(64-15-5-12-53(2,70)27-64)61-52(60-48)72-31-54(13-14-54)28-62-16-18-63(19-17-62)36-23-55(24-36)29-65(30-55)35-7-8-39-34(20-35)26-66(51(39)69)43-10-11-44(67)59-50(43)68/h6-9,20-22,25,36,43,70H,4-5,10-19,23-24,26-32H2,1-3H3,(H,59,67,68)/t43?,53-/m1/s1. The number of hydrogen-bond donors (Lipinski definition) is 2. The van der Waals surface area contributed by atoms with Crippen LogP contribution in [0.15, 0.2) is 48.7 Å². The van der Waals surface area contributed by atoms with Crippen LogP contribution in [-0.2, 0) is 27.3 Å². The van der Waals surface area contributed by atoms with Gasteiger partial charge in [-0.15, -0.1) is 0 Å². The number of hydrogen-bond acceptors (Lipinski definition) is 14. The van der Waals surface area contributed by atoms with Crippen LogP contribution in [0.2, 0.25) is 0 Å². The Labute approximate surface area is 423 Å². The van der Waals surface area contributed by atoms with Gasteiger partial charge < -0.3 is 38.9 Å². The molecule has 1 spiro atoms. The first-order chi connectivity index (χ1) is 35.2. The van der Waals surface area contributed by atoms with Crippen molar-refractivity contribution in [2.45, 2.75) is 95.9 Å². The summed E-state index contributed by atoms with van der Waals surface area (Å²) in [6.45, 7) is 12.2. The Morgan fingerprint density at radius 2 is 1.71 bits per heavy atom. The second kappa shape index (κ2) is 18.4. The Morgan fingerprint density at radius 3 is 2.45 bits per heavy atom. The van der Waals surface area contributed by atoms with E-state index < -0.39 is 23.4 Å². The van der Waals surface area contributed by atoms with E-state index in [1.165, 1.54) is 26.0 Å². The largest absolute Gasteiger partial charge is 0.468 e. The molecular formula is C55H63F2N9O7. The van der Waals surface area contributed by atoms with Crippen LogP contribution >= 0.6 is 0 Å². The van der Waals surface area contributed by atoms with Gasteiger partial charge in [0.15, 0.2) is 12.6 Å². The van der Waals surface area contributed by atoms with Gasteiger partial charge in [-0.05, 0) is 117 Å². The lowest BCUT2D eigenvalue weighted by Crippen LogP contribution is -2.68. The number of pyridine rings is 1. The average molecular weight is 1000 g/mol. The van der Waals surface area contributed by atoms with Crippen molar-refractivity contribution in [1.82, 2.24) is 35.0 Å². The van der Waals surface area contributed by atoms with Crippen molar-refractivity contribution in [2.75, 3.05) is 89.2 Å². The number of halogens is 2. The number of aromatic nitrogens is 3. The summed E-state index contributed by atoms with van der Waals surface area (Å²) in [6.07, 6.45) is 8.29. The first-order valence-electron chi connectivity index (χ1n) is 26.0. The van der Waals surface area contributed by atoms with Crippen LogP contribution in [0, 0.1) is 22.5 Å². The maximum absolute atomic E-state index is 17.4. The van der Waals surface area contributed by atoms with Crippen molar-refractivity contribution in [1.29, 1.82) is 0 Å². The Kier molecular flexibility index (Phi) is 12.1. The monoisotopic (exact) mass is 999 g/mol. The third kappa shape index (κ3) is 8.90. The smallest absolute Gasteiger partial charge is 0.319 e. The van der Waals surface area contributed by atoms with E-state index in [2.05, 4.69) is 31.1 Å². The Morgan fingerprint density at radius 1 is 0.904 bits per heavy atom. The summed E-state index contributed by atoms with van der Waals surface area (Å²) in [6, 6.07) is 12.6. The van der Waals surface area contributed by atoms with Crippen molar-refractivity contribution in [3.63, 3.8) is 0 Å². The number of nitrogens with one attached hydrogen (secondary N) is 1. The first kappa shape index (κ1) is 47.9. The molecule has 16 nitrogen and oxygen atoms in total. The van der Waals surface area contributed by atoms with Gasteiger partial charge in [0.2, 0.25) is 11.8 Å². The Balaban J connectivity index is 0.696. The minimum Gasteiger partial charge on any atom is -0.468 e. The molecule has 7 heterocycles. The van der Waals surface area contributed by atoms with E-state index in [9.17, 15) is 19.5 Å². The molecule has 0 radical (unpaired) electrons. The topological polar surface area (TPSA) is 166 Å². The molecule has 2 aromatic heterocycles. The highest BCUT2D eigenvalue weighted by atomic mass is 19.1. The number of benzene rings is 3. The molecule has 1 unspecified atom stereocenters. The van der Waals surface area contributed by atoms with E-state index in [-0.39, 0.29) is 53.5 Å². The number of fused-ring (bicyclic) bond motifs is 3. The lowest BCUT2D eigenvalue weighted by molar-refractivity contribution is -0.136. The highest BCUT2D eigenvalue weighted by Crippen LogP contribution is 2.52. The zero-order chi connectivity index (χ0) is 50.4. The van der Waals surface area contributed by atoms with Crippen molar-refractivity contribution in [3.05, 3.63) is 77.0 Å². The van der Waals surface area contributed by atoms with Crippen LogP contribution in [0.4, 0.5) is 20.3 Å². The fourth-order valence-corrected chi connectivity index (χ4v) is 12.8. The quantitative estimate of drug-likeness (QED) is 0.0951. The van der Waals surface area contributed by atoms with Crippen molar-refractivity contribution >= 4 is 50.9 Å². The zero-order valence-corrected chi connectivity index (χ0v) is 41.9. The van der Waals surface area contributed by atoms with Crippen LogP contribution in [0.25, 0.3) is 32.9 Å². The summed E-state index contributed by atoms with van der Waals surface area (Å²) in [5, 5.41) is 15.2. The van der Waals surface area contributed by atoms with Gasteiger partial charge in [-0.2, -0.15) is 9.97 Å². The molecule has 384 valence electrons. The molecule has 7 aliphatic rings. The van der Waals surface area contributed by atoms with Gasteiger partial charge in [0.05, 0.1) is 17.6 Å². The fourth-order valence-electron chi connectivity index (χ4n) is 12.8. The Hall–Kier alpha value is -6.08. The molecule has 12 rings (SSSR count). The van der Waals surface area contributed by atoms with Crippen LogP contribution < -0.4 is 24.6 Å². The summed E-state index contributed by atoms with van der Waals surface area (Å²) in [5.74, 6) is -1.01. The molecular weight excluding hydrogens is 937 g/mol. The van der Waals surface area contributed by atoms with Crippen molar-refractivity contribution < 1.29 is 42.5 Å². The molecule has 6 fully saturated rings. The highest BCUT2D eigenvalue weighted by Gasteiger charge is 2.54. The highest BCUT2D eigenvalue weighted by molar-refractivity contribution is 6.06. The summed E-state index contributed by atoms with van der Waals surface area (Å²) >= 11 is 0. The third-order valence-electron chi connectivity index (χ3n) is 16.9. The van der Waals surface area contributed by atoms with Gasteiger partial charge in [-0.3, -0.25) is 29.6 Å². The van der Waals surface area contributed by atoms with Gasteiger partial charge >= 0.3 is 6.01 Å².